The van der Waals surface area contributed by atoms with E-state index in [1.807, 2.05) is 0 Å². The van der Waals surface area contributed by atoms with E-state index in [0.717, 1.165) is 5.92 Å². The molecule has 0 nitrogen and oxygen atoms in total. The summed E-state index contributed by atoms with van der Waals surface area (Å²) in [4.78, 5) is 0. The molecule has 20 heavy (non-hydrogen) atoms. The molecule has 5 atom stereocenters. The average Bonchev–Trinajstić information content (AvgIpc) is 2.44. The van der Waals surface area contributed by atoms with Gasteiger partial charge in [0.05, 0.1) is 0 Å². The fourth-order valence-electron chi connectivity index (χ4n) is 6.26. The summed E-state index contributed by atoms with van der Waals surface area (Å²) in [5.41, 5.74) is 2.09. The maximum Gasteiger partial charge on any atom is -0.0202 e. The van der Waals surface area contributed by atoms with Crippen LogP contribution in [-0.4, -0.2) is 0 Å². The zero-order chi connectivity index (χ0) is 14.6. The standard InChI is InChI=1S/C20H34/c1-16-10-9-13-18(3)15-20(16,5)19(4)12-8-6-7-11-17(18,2)14-19/h9-10,16H,6-8,11-15H2,1-5H3/t16?,17?,18-,19?,20?/m0/s1. The SMILES string of the molecule is CC1C=CC[C@@]2(C)CC1(C)C1(C)CCCCCC2(C)C1. The van der Waals surface area contributed by atoms with E-state index in [9.17, 15) is 0 Å². The van der Waals surface area contributed by atoms with Crippen LogP contribution in [0.25, 0.3) is 0 Å². The first-order chi connectivity index (χ1) is 9.25. The van der Waals surface area contributed by atoms with Gasteiger partial charge in [0.1, 0.15) is 0 Å². The highest BCUT2D eigenvalue weighted by Gasteiger charge is 2.62. The maximum atomic E-state index is 2.63. The van der Waals surface area contributed by atoms with Crippen molar-refractivity contribution in [1.82, 2.24) is 0 Å². The van der Waals surface area contributed by atoms with Crippen LogP contribution in [0.1, 0.15) is 86.0 Å². The molecule has 0 spiro atoms. The summed E-state index contributed by atoms with van der Waals surface area (Å²) in [5, 5.41) is 0. The number of fused-ring (bicyclic) bond motifs is 6. The Kier molecular flexibility index (Phi) is 3.20. The normalized spacial score (nSPS) is 55.8. The van der Waals surface area contributed by atoms with Crippen LogP contribution < -0.4 is 0 Å². The Bertz CT molecular complexity index is 422. The van der Waals surface area contributed by atoms with Crippen LogP contribution in [0.2, 0.25) is 0 Å². The van der Waals surface area contributed by atoms with Crippen molar-refractivity contribution in [1.29, 1.82) is 0 Å². The molecule has 0 heteroatoms. The van der Waals surface area contributed by atoms with Gasteiger partial charge in [0.2, 0.25) is 0 Å². The minimum atomic E-state index is 0.492. The van der Waals surface area contributed by atoms with E-state index in [0.29, 0.717) is 21.7 Å². The van der Waals surface area contributed by atoms with Crippen LogP contribution in [0, 0.1) is 27.6 Å². The van der Waals surface area contributed by atoms with E-state index in [1.54, 1.807) is 0 Å². The second kappa shape index (κ2) is 4.37. The Morgan fingerprint density at radius 2 is 1.45 bits per heavy atom. The summed E-state index contributed by atoms with van der Waals surface area (Å²) >= 11 is 0. The van der Waals surface area contributed by atoms with Gasteiger partial charge in [0.25, 0.3) is 0 Å². The van der Waals surface area contributed by atoms with Gasteiger partial charge in [-0.05, 0) is 59.7 Å². The molecule has 0 aromatic heterocycles. The number of hydrogen-bond acceptors (Lipinski definition) is 0. The molecule has 0 amide bonds. The van der Waals surface area contributed by atoms with Crippen molar-refractivity contribution in [2.45, 2.75) is 86.0 Å². The lowest BCUT2D eigenvalue weighted by Crippen LogP contribution is -2.57. The number of allylic oxidation sites excluding steroid dienone is 2. The van der Waals surface area contributed by atoms with E-state index >= 15 is 0 Å². The zero-order valence-electron chi connectivity index (χ0n) is 14.4. The quantitative estimate of drug-likeness (QED) is 0.450. The molecule has 0 saturated heterocycles. The van der Waals surface area contributed by atoms with Crippen molar-refractivity contribution in [2.75, 3.05) is 0 Å². The van der Waals surface area contributed by atoms with Crippen LogP contribution >= 0.6 is 0 Å². The fourth-order valence-corrected chi connectivity index (χ4v) is 6.26. The highest BCUT2D eigenvalue weighted by molar-refractivity contribution is 5.17. The molecule has 0 aliphatic heterocycles. The van der Waals surface area contributed by atoms with Gasteiger partial charge in [0, 0.05) is 0 Å². The summed E-state index contributed by atoms with van der Waals surface area (Å²) in [6.07, 6.45) is 16.5. The molecule has 2 fully saturated rings. The van der Waals surface area contributed by atoms with Crippen molar-refractivity contribution >= 4 is 0 Å². The molecule has 114 valence electrons. The Hall–Kier alpha value is -0.260. The second-order valence-corrected chi connectivity index (χ2v) is 9.43. The third kappa shape index (κ3) is 1.79. The van der Waals surface area contributed by atoms with Gasteiger partial charge >= 0.3 is 0 Å². The fraction of sp³-hybridized carbons (Fsp3) is 0.900. The van der Waals surface area contributed by atoms with Gasteiger partial charge in [-0.1, -0.05) is 66.0 Å². The van der Waals surface area contributed by atoms with E-state index in [2.05, 4.69) is 46.8 Å². The average molecular weight is 274 g/mol. The molecule has 3 aliphatic rings. The Labute approximate surface area is 126 Å². The smallest absolute Gasteiger partial charge is 0.0202 e. The summed E-state index contributed by atoms with van der Waals surface area (Å²) in [6, 6.07) is 0. The van der Waals surface area contributed by atoms with Gasteiger partial charge in [-0.25, -0.2) is 0 Å². The van der Waals surface area contributed by atoms with Crippen LogP contribution in [0.15, 0.2) is 12.2 Å². The summed E-state index contributed by atoms with van der Waals surface area (Å²) in [6.45, 7) is 13.0. The van der Waals surface area contributed by atoms with Crippen LogP contribution in [0.5, 0.6) is 0 Å². The van der Waals surface area contributed by atoms with Gasteiger partial charge in [0.15, 0.2) is 0 Å². The minimum Gasteiger partial charge on any atom is -0.0877 e. The largest absolute Gasteiger partial charge is 0.0877 e. The summed E-state index contributed by atoms with van der Waals surface area (Å²) in [7, 11) is 0. The molecule has 0 aromatic rings. The van der Waals surface area contributed by atoms with Gasteiger partial charge in [-0.15, -0.1) is 0 Å². The Morgan fingerprint density at radius 1 is 0.800 bits per heavy atom. The molecule has 3 aliphatic carbocycles. The molecule has 4 unspecified atom stereocenters. The second-order valence-electron chi connectivity index (χ2n) is 9.43. The topological polar surface area (TPSA) is 0 Å². The van der Waals surface area contributed by atoms with Crippen LogP contribution in [0.3, 0.4) is 0 Å². The van der Waals surface area contributed by atoms with E-state index in [1.165, 1.54) is 51.4 Å². The Morgan fingerprint density at radius 3 is 2.15 bits per heavy atom. The number of hydrogen-bond donors (Lipinski definition) is 0. The molecule has 4 bridgehead atoms. The molecule has 0 aromatic carbocycles. The third-order valence-electron chi connectivity index (χ3n) is 8.33. The zero-order valence-corrected chi connectivity index (χ0v) is 14.4. The monoisotopic (exact) mass is 274 g/mol. The first kappa shape index (κ1) is 14.7. The van der Waals surface area contributed by atoms with Gasteiger partial charge < -0.3 is 0 Å². The lowest BCUT2D eigenvalue weighted by atomic mass is 9.39. The van der Waals surface area contributed by atoms with Gasteiger partial charge in [-0.2, -0.15) is 0 Å². The molecule has 0 heterocycles. The lowest BCUT2D eigenvalue weighted by molar-refractivity contribution is -0.156. The molecule has 2 saturated carbocycles. The number of rotatable bonds is 0. The van der Waals surface area contributed by atoms with Crippen molar-refractivity contribution in [3.8, 4) is 0 Å². The van der Waals surface area contributed by atoms with E-state index in [4.69, 9.17) is 0 Å². The molecule has 3 rings (SSSR count). The van der Waals surface area contributed by atoms with Crippen LogP contribution in [-0.2, 0) is 0 Å². The van der Waals surface area contributed by atoms with Crippen molar-refractivity contribution < 1.29 is 0 Å². The summed E-state index contributed by atoms with van der Waals surface area (Å²) in [5.74, 6) is 0.735. The molecular weight excluding hydrogens is 240 g/mol. The van der Waals surface area contributed by atoms with Crippen LogP contribution in [0.4, 0.5) is 0 Å². The van der Waals surface area contributed by atoms with Crippen molar-refractivity contribution in [2.24, 2.45) is 27.6 Å². The highest BCUT2D eigenvalue weighted by atomic mass is 14.7. The Balaban J connectivity index is 2.13. The van der Waals surface area contributed by atoms with E-state index < -0.39 is 0 Å². The highest BCUT2D eigenvalue weighted by Crippen LogP contribution is 2.71. The lowest BCUT2D eigenvalue weighted by Gasteiger charge is -2.65. The first-order valence-electron chi connectivity index (χ1n) is 8.92. The predicted molar refractivity (Wildman–Crippen MR) is 87.7 cm³/mol. The predicted octanol–water partition coefficient (Wildman–Crippen LogP) is 6.37. The van der Waals surface area contributed by atoms with Gasteiger partial charge in [-0.3, -0.25) is 0 Å². The minimum absolute atomic E-state index is 0.492. The maximum absolute atomic E-state index is 2.63. The van der Waals surface area contributed by atoms with Crippen molar-refractivity contribution in [3.63, 3.8) is 0 Å². The first-order valence-corrected chi connectivity index (χ1v) is 8.92. The van der Waals surface area contributed by atoms with Crippen molar-refractivity contribution in [3.05, 3.63) is 12.2 Å². The molecule has 0 radical (unpaired) electrons. The molecular formula is C20H34. The third-order valence-corrected chi connectivity index (χ3v) is 8.33. The molecule has 0 N–H and O–H groups in total. The van der Waals surface area contributed by atoms with E-state index in [-0.39, 0.29) is 0 Å². The summed E-state index contributed by atoms with van der Waals surface area (Å²) < 4.78 is 0.